The first-order chi connectivity index (χ1) is 8.35. The van der Waals surface area contributed by atoms with Crippen molar-refractivity contribution in [2.45, 2.75) is 85.0 Å². The minimum atomic E-state index is 1.24. The fraction of sp³-hybridized carbons (Fsp3) is 1.00. The lowest BCUT2D eigenvalue weighted by molar-refractivity contribution is 0.273. The van der Waals surface area contributed by atoms with Gasteiger partial charge in [0, 0.05) is 0 Å². The molecule has 0 atom stereocenters. The van der Waals surface area contributed by atoms with Crippen molar-refractivity contribution in [3.8, 4) is 0 Å². The van der Waals surface area contributed by atoms with Gasteiger partial charge < -0.3 is 4.90 Å². The summed E-state index contributed by atoms with van der Waals surface area (Å²) < 4.78 is 0. The van der Waals surface area contributed by atoms with Crippen LogP contribution >= 0.6 is 0 Å². The first-order valence-corrected chi connectivity index (χ1v) is 8.07. The van der Waals surface area contributed by atoms with E-state index in [-0.39, 0.29) is 0 Å². The Morgan fingerprint density at radius 1 is 0.529 bits per heavy atom. The molecule has 0 aliphatic rings. The van der Waals surface area contributed by atoms with Gasteiger partial charge >= 0.3 is 0 Å². The van der Waals surface area contributed by atoms with Gasteiger partial charge in [-0.2, -0.15) is 0 Å². The highest BCUT2D eigenvalue weighted by Crippen LogP contribution is 2.07. The first kappa shape index (κ1) is 17.0. The van der Waals surface area contributed by atoms with Crippen molar-refractivity contribution in [3.63, 3.8) is 0 Å². The van der Waals surface area contributed by atoms with Gasteiger partial charge in [0.1, 0.15) is 0 Å². The van der Waals surface area contributed by atoms with Crippen LogP contribution in [0.15, 0.2) is 0 Å². The van der Waals surface area contributed by atoms with Gasteiger partial charge in [-0.15, -0.1) is 0 Å². The molecule has 1 nitrogen and oxygen atoms in total. The Bertz CT molecular complexity index is 133. The molecular formula is C16H35N. The van der Waals surface area contributed by atoms with E-state index in [1.165, 1.54) is 83.8 Å². The maximum absolute atomic E-state index is 2.63. The van der Waals surface area contributed by atoms with Crippen molar-refractivity contribution < 1.29 is 0 Å². The average Bonchev–Trinajstić information content (AvgIpc) is 2.36. The molecule has 0 spiro atoms. The second-order valence-electron chi connectivity index (χ2n) is 5.26. The molecule has 17 heavy (non-hydrogen) atoms. The lowest BCUT2D eigenvalue weighted by Crippen LogP contribution is -2.25. The van der Waals surface area contributed by atoms with Crippen molar-refractivity contribution in [2.75, 3.05) is 19.6 Å². The van der Waals surface area contributed by atoms with E-state index < -0.39 is 0 Å². The van der Waals surface area contributed by atoms with E-state index >= 15 is 0 Å². The molecular weight excluding hydrogens is 206 g/mol. The molecule has 0 bridgehead atoms. The van der Waals surface area contributed by atoms with Gasteiger partial charge in [0.15, 0.2) is 0 Å². The Balaban J connectivity index is 3.28. The number of hydrogen-bond acceptors (Lipinski definition) is 1. The third-order valence-electron chi connectivity index (χ3n) is 3.60. The molecule has 0 N–H and O–H groups in total. The van der Waals surface area contributed by atoms with Gasteiger partial charge in [-0.3, -0.25) is 0 Å². The topological polar surface area (TPSA) is 3.24 Å². The summed E-state index contributed by atoms with van der Waals surface area (Å²) in [4.78, 5) is 2.63. The Morgan fingerprint density at radius 2 is 0.941 bits per heavy atom. The van der Waals surface area contributed by atoms with Crippen LogP contribution in [0, 0.1) is 0 Å². The van der Waals surface area contributed by atoms with E-state index in [9.17, 15) is 0 Å². The predicted molar refractivity (Wildman–Crippen MR) is 79.6 cm³/mol. The minimum absolute atomic E-state index is 1.24. The third-order valence-corrected chi connectivity index (χ3v) is 3.60. The third kappa shape index (κ3) is 12.2. The lowest BCUT2D eigenvalue weighted by atomic mass is 10.1. The second-order valence-corrected chi connectivity index (χ2v) is 5.26. The monoisotopic (exact) mass is 241 g/mol. The smallest absolute Gasteiger partial charge is 0.00189 e. The van der Waals surface area contributed by atoms with Crippen molar-refractivity contribution >= 4 is 0 Å². The van der Waals surface area contributed by atoms with Gasteiger partial charge in [-0.1, -0.05) is 72.1 Å². The lowest BCUT2D eigenvalue weighted by Gasteiger charge is -2.20. The van der Waals surface area contributed by atoms with Gasteiger partial charge in [0.25, 0.3) is 0 Å². The maximum Gasteiger partial charge on any atom is -0.00189 e. The summed E-state index contributed by atoms with van der Waals surface area (Å²) in [5.41, 5.74) is 0. The van der Waals surface area contributed by atoms with Crippen LogP contribution in [0.2, 0.25) is 0 Å². The number of unbranched alkanes of at least 4 members (excludes halogenated alkanes) is 8. The Labute approximate surface area is 110 Å². The fourth-order valence-corrected chi connectivity index (χ4v) is 2.31. The molecule has 0 fully saturated rings. The van der Waals surface area contributed by atoms with Crippen molar-refractivity contribution in [1.82, 2.24) is 4.90 Å². The molecule has 0 saturated heterocycles. The van der Waals surface area contributed by atoms with Gasteiger partial charge in [-0.25, -0.2) is 0 Å². The molecule has 0 aromatic heterocycles. The summed E-state index contributed by atoms with van der Waals surface area (Å²) in [7, 11) is 0. The van der Waals surface area contributed by atoms with E-state index in [2.05, 4.69) is 25.7 Å². The number of hydrogen-bond donors (Lipinski definition) is 0. The predicted octanol–water partition coefficient (Wildman–Crippen LogP) is 5.25. The summed E-state index contributed by atoms with van der Waals surface area (Å²) in [5, 5.41) is 0. The summed E-state index contributed by atoms with van der Waals surface area (Å²) in [6.07, 6.45) is 14.1. The highest BCUT2D eigenvalue weighted by Gasteiger charge is 2.01. The molecule has 0 aromatic carbocycles. The van der Waals surface area contributed by atoms with Crippen LogP contribution in [-0.4, -0.2) is 24.5 Å². The fourth-order valence-electron chi connectivity index (χ4n) is 2.31. The zero-order valence-electron chi connectivity index (χ0n) is 12.6. The van der Waals surface area contributed by atoms with E-state index in [0.717, 1.165) is 0 Å². The maximum atomic E-state index is 2.63. The van der Waals surface area contributed by atoms with E-state index in [4.69, 9.17) is 0 Å². The largest absolute Gasteiger partial charge is 0.304 e. The quantitative estimate of drug-likeness (QED) is 0.398. The Morgan fingerprint density at radius 3 is 1.41 bits per heavy atom. The molecule has 0 aliphatic heterocycles. The molecule has 0 aromatic rings. The molecule has 0 heterocycles. The Hall–Kier alpha value is -0.0400. The zero-order valence-corrected chi connectivity index (χ0v) is 12.6. The van der Waals surface area contributed by atoms with Crippen molar-refractivity contribution in [3.05, 3.63) is 0 Å². The van der Waals surface area contributed by atoms with Crippen LogP contribution in [0.3, 0.4) is 0 Å². The molecule has 0 unspecified atom stereocenters. The summed E-state index contributed by atoms with van der Waals surface area (Å²) in [6.45, 7) is 10.8. The molecule has 0 rings (SSSR count). The molecule has 0 saturated carbocycles. The van der Waals surface area contributed by atoms with Gasteiger partial charge in [0.2, 0.25) is 0 Å². The van der Waals surface area contributed by atoms with Crippen molar-refractivity contribution in [2.24, 2.45) is 0 Å². The van der Waals surface area contributed by atoms with Crippen LogP contribution in [0.4, 0.5) is 0 Å². The number of nitrogens with zero attached hydrogens (tertiary/aromatic N) is 1. The van der Waals surface area contributed by atoms with E-state index in [0.29, 0.717) is 0 Å². The van der Waals surface area contributed by atoms with Crippen LogP contribution in [0.1, 0.15) is 85.0 Å². The Kier molecular flexibility index (Phi) is 14.0. The first-order valence-electron chi connectivity index (χ1n) is 8.07. The molecule has 104 valence electrons. The molecule has 0 aliphatic carbocycles. The molecule has 1 heteroatoms. The van der Waals surface area contributed by atoms with Crippen LogP contribution in [0.5, 0.6) is 0 Å². The second kappa shape index (κ2) is 14.0. The minimum Gasteiger partial charge on any atom is -0.304 e. The van der Waals surface area contributed by atoms with Crippen LogP contribution in [0.25, 0.3) is 0 Å². The van der Waals surface area contributed by atoms with Crippen LogP contribution in [-0.2, 0) is 0 Å². The highest BCUT2D eigenvalue weighted by molar-refractivity contribution is 4.56. The van der Waals surface area contributed by atoms with Crippen molar-refractivity contribution in [1.29, 1.82) is 0 Å². The van der Waals surface area contributed by atoms with Gasteiger partial charge in [0.05, 0.1) is 0 Å². The average molecular weight is 241 g/mol. The summed E-state index contributed by atoms with van der Waals surface area (Å²) in [5.74, 6) is 0. The van der Waals surface area contributed by atoms with Crippen LogP contribution < -0.4 is 0 Å². The SMILES string of the molecule is CCCCCCCCN(CC)CCCCCC. The number of rotatable bonds is 13. The molecule has 0 radical (unpaired) electrons. The molecule has 0 amide bonds. The van der Waals surface area contributed by atoms with Gasteiger partial charge in [-0.05, 0) is 32.5 Å². The van der Waals surface area contributed by atoms with E-state index in [1.807, 2.05) is 0 Å². The zero-order chi connectivity index (χ0) is 12.8. The standard InChI is InChI=1S/C16H35N/c1-4-7-9-11-12-14-16-17(6-3)15-13-10-8-5-2/h4-16H2,1-3H3. The van der Waals surface area contributed by atoms with E-state index in [1.54, 1.807) is 0 Å². The summed E-state index contributed by atoms with van der Waals surface area (Å²) in [6, 6.07) is 0. The summed E-state index contributed by atoms with van der Waals surface area (Å²) >= 11 is 0. The highest BCUT2D eigenvalue weighted by atomic mass is 15.1. The normalized spacial score (nSPS) is 11.3.